The third-order valence-electron chi connectivity index (χ3n) is 4.74. The minimum absolute atomic E-state index is 0.117. The number of fused-ring (bicyclic) bond motifs is 1. The van der Waals surface area contributed by atoms with Crippen LogP contribution in [-0.4, -0.2) is 11.7 Å². The van der Waals surface area contributed by atoms with Crippen LogP contribution in [0.2, 0.25) is 0 Å². The number of aryl methyl sites for hydroxylation is 1. The smallest absolute Gasteiger partial charge is 0.256 e. The van der Waals surface area contributed by atoms with Crippen LogP contribution in [0.1, 0.15) is 31.8 Å². The van der Waals surface area contributed by atoms with Gasteiger partial charge in [-0.1, -0.05) is 72.8 Å². The lowest BCUT2D eigenvalue weighted by Crippen LogP contribution is -2.16. The number of nitrogens with one attached hydrogen (secondary N) is 1. The Labute approximate surface area is 163 Å². The molecule has 4 aromatic carbocycles. The Morgan fingerprint density at radius 2 is 1.43 bits per heavy atom. The highest BCUT2D eigenvalue weighted by molar-refractivity contribution is 6.17. The van der Waals surface area contributed by atoms with Gasteiger partial charge in [0.25, 0.3) is 5.91 Å². The van der Waals surface area contributed by atoms with Crippen molar-refractivity contribution in [2.24, 2.45) is 0 Å². The van der Waals surface area contributed by atoms with Gasteiger partial charge in [0.15, 0.2) is 5.78 Å². The number of hydrogen-bond acceptors (Lipinski definition) is 2. The Hall–Kier alpha value is -3.72. The zero-order valence-corrected chi connectivity index (χ0v) is 15.5. The molecule has 0 unspecified atom stereocenters. The van der Waals surface area contributed by atoms with Gasteiger partial charge in [-0.2, -0.15) is 0 Å². The first-order valence-electron chi connectivity index (χ1n) is 9.13. The van der Waals surface area contributed by atoms with Gasteiger partial charge in [-0.25, -0.2) is 0 Å². The summed E-state index contributed by atoms with van der Waals surface area (Å²) in [5, 5.41) is 4.83. The maximum Gasteiger partial charge on any atom is 0.256 e. The molecular formula is C25H19NO2. The molecule has 4 rings (SSSR count). The standard InChI is InChI=1S/C25H19NO2/c1-17-14-15-22(24(27)19-9-3-2-4-10-19)23(16-17)26-25(28)21-13-7-11-18-8-5-6-12-20(18)21/h2-16H,1H3,(H,26,28). The second kappa shape index (κ2) is 7.49. The van der Waals surface area contributed by atoms with Crippen LogP contribution in [0.4, 0.5) is 5.69 Å². The van der Waals surface area contributed by atoms with Crippen LogP contribution in [0.25, 0.3) is 10.8 Å². The van der Waals surface area contributed by atoms with Crippen molar-refractivity contribution in [2.75, 3.05) is 5.32 Å². The first-order chi connectivity index (χ1) is 13.6. The molecule has 28 heavy (non-hydrogen) atoms. The van der Waals surface area contributed by atoms with E-state index >= 15 is 0 Å². The number of amides is 1. The lowest BCUT2D eigenvalue weighted by atomic mass is 9.99. The van der Waals surface area contributed by atoms with Crippen molar-refractivity contribution in [1.29, 1.82) is 0 Å². The van der Waals surface area contributed by atoms with E-state index in [4.69, 9.17) is 0 Å². The summed E-state index contributed by atoms with van der Waals surface area (Å²) in [7, 11) is 0. The molecule has 0 bridgehead atoms. The summed E-state index contributed by atoms with van der Waals surface area (Å²) in [6.07, 6.45) is 0. The van der Waals surface area contributed by atoms with Crippen molar-refractivity contribution in [3.63, 3.8) is 0 Å². The van der Waals surface area contributed by atoms with E-state index in [2.05, 4.69) is 5.32 Å². The van der Waals surface area contributed by atoms with Gasteiger partial charge in [0, 0.05) is 16.7 Å². The fraction of sp³-hybridized carbons (Fsp3) is 0.0400. The van der Waals surface area contributed by atoms with Crippen LogP contribution in [0.5, 0.6) is 0 Å². The number of benzene rings is 4. The van der Waals surface area contributed by atoms with Crippen molar-refractivity contribution < 1.29 is 9.59 Å². The van der Waals surface area contributed by atoms with Gasteiger partial charge in [0.1, 0.15) is 0 Å². The van der Waals surface area contributed by atoms with Gasteiger partial charge in [0.2, 0.25) is 0 Å². The summed E-state index contributed by atoms with van der Waals surface area (Å²) < 4.78 is 0. The first-order valence-corrected chi connectivity index (χ1v) is 9.13. The molecule has 4 aromatic rings. The molecule has 0 fully saturated rings. The van der Waals surface area contributed by atoms with Crippen LogP contribution >= 0.6 is 0 Å². The van der Waals surface area contributed by atoms with Crippen LogP contribution in [0.15, 0.2) is 91.0 Å². The average molecular weight is 365 g/mol. The lowest BCUT2D eigenvalue weighted by molar-refractivity contribution is 0.102. The molecule has 0 aromatic heterocycles. The molecule has 0 heterocycles. The topological polar surface area (TPSA) is 46.2 Å². The second-order valence-corrected chi connectivity index (χ2v) is 6.73. The molecule has 136 valence electrons. The van der Waals surface area contributed by atoms with E-state index in [1.165, 1.54) is 0 Å². The van der Waals surface area contributed by atoms with Crippen molar-refractivity contribution >= 4 is 28.2 Å². The van der Waals surface area contributed by atoms with E-state index in [0.29, 0.717) is 22.4 Å². The number of rotatable bonds is 4. The van der Waals surface area contributed by atoms with Gasteiger partial charge in [-0.15, -0.1) is 0 Å². The van der Waals surface area contributed by atoms with E-state index < -0.39 is 0 Å². The van der Waals surface area contributed by atoms with E-state index in [9.17, 15) is 9.59 Å². The average Bonchev–Trinajstić information content (AvgIpc) is 2.73. The first kappa shape index (κ1) is 17.7. The Morgan fingerprint density at radius 1 is 0.714 bits per heavy atom. The molecule has 0 aliphatic heterocycles. The van der Waals surface area contributed by atoms with Gasteiger partial charge in [-0.3, -0.25) is 9.59 Å². The SMILES string of the molecule is Cc1ccc(C(=O)c2ccccc2)c(NC(=O)c2cccc3ccccc23)c1. The number of hydrogen-bond donors (Lipinski definition) is 1. The molecule has 3 heteroatoms. The molecule has 0 spiro atoms. The highest BCUT2D eigenvalue weighted by Gasteiger charge is 2.17. The van der Waals surface area contributed by atoms with Crippen molar-refractivity contribution in [1.82, 2.24) is 0 Å². The largest absolute Gasteiger partial charge is 0.321 e. The summed E-state index contributed by atoms with van der Waals surface area (Å²) in [6.45, 7) is 1.93. The summed E-state index contributed by atoms with van der Waals surface area (Å²) >= 11 is 0. The molecule has 3 nitrogen and oxygen atoms in total. The highest BCUT2D eigenvalue weighted by Crippen LogP contribution is 2.24. The number of ketones is 1. The highest BCUT2D eigenvalue weighted by atomic mass is 16.1. The van der Waals surface area contributed by atoms with E-state index in [1.54, 1.807) is 24.3 Å². The minimum atomic E-state index is -0.232. The van der Waals surface area contributed by atoms with Gasteiger partial charge in [-0.05, 0) is 41.5 Å². The zero-order valence-electron chi connectivity index (χ0n) is 15.5. The van der Waals surface area contributed by atoms with Crippen LogP contribution < -0.4 is 5.32 Å². The van der Waals surface area contributed by atoms with E-state index in [-0.39, 0.29) is 11.7 Å². The maximum atomic E-state index is 13.0. The number of anilines is 1. The molecule has 0 aliphatic rings. The normalized spacial score (nSPS) is 10.6. The van der Waals surface area contributed by atoms with E-state index in [1.807, 2.05) is 73.7 Å². The Bertz CT molecular complexity index is 1170. The summed E-state index contributed by atoms with van der Waals surface area (Å²) in [5.74, 6) is -0.349. The summed E-state index contributed by atoms with van der Waals surface area (Å²) in [5.41, 5.74) is 3.14. The predicted octanol–water partition coefficient (Wildman–Crippen LogP) is 5.63. The van der Waals surface area contributed by atoms with Crippen molar-refractivity contribution in [3.8, 4) is 0 Å². The second-order valence-electron chi connectivity index (χ2n) is 6.73. The molecule has 0 saturated heterocycles. The summed E-state index contributed by atoms with van der Waals surface area (Å²) in [6, 6.07) is 28.0. The molecule has 0 saturated carbocycles. The molecule has 0 aliphatic carbocycles. The van der Waals surface area contributed by atoms with E-state index in [0.717, 1.165) is 16.3 Å². The molecular weight excluding hydrogens is 346 g/mol. The number of carbonyl (C=O) groups is 2. The van der Waals surface area contributed by atoms with Crippen LogP contribution in [0.3, 0.4) is 0 Å². The Balaban J connectivity index is 1.72. The quantitative estimate of drug-likeness (QED) is 0.476. The Morgan fingerprint density at radius 3 is 2.25 bits per heavy atom. The van der Waals surface area contributed by atoms with Gasteiger partial charge >= 0.3 is 0 Å². The van der Waals surface area contributed by atoms with Crippen LogP contribution in [0, 0.1) is 6.92 Å². The summed E-state index contributed by atoms with van der Waals surface area (Å²) in [4.78, 5) is 26.0. The lowest BCUT2D eigenvalue weighted by Gasteiger charge is -2.13. The maximum absolute atomic E-state index is 13.0. The molecule has 1 amide bonds. The third kappa shape index (κ3) is 3.42. The minimum Gasteiger partial charge on any atom is -0.321 e. The fourth-order valence-electron chi connectivity index (χ4n) is 3.32. The Kier molecular flexibility index (Phi) is 4.73. The van der Waals surface area contributed by atoms with Gasteiger partial charge in [0.05, 0.1) is 5.69 Å². The van der Waals surface area contributed by atoms with Crippen molar-refractivity contribution in [3.05, 3.63) is 113 Å². The predicted molar refractivity (Wildman–Crippen MR) is 113 cm³/mol. The van der Waals surface area contributed by atoms with Crippen LogP contribution in [-0.2, 0) is 0 Å². The zero-order chi connectivity index (χ0) is 19.5. The van der Waals surface area contributed by atoms with Crippen molar-refractivity contribution in [2.45, 2.75) is 6.92 Å². The fourth-order valence-corrected chi connectivity index (χ4v) is 3.32. The monoisotopic (exact) mass is 365 g/mol. The molecule has 0 radical (unpaired) electrons. The molecule has 0 atom stereocenters. The number of carbonyl (C=O) groups excluding carboxylic acids is 2. The molecule has 1 N–H and O–H groups in total. The van der Waals surface area contributed by atoms with Gasteiger partial charge < -0.3 is 5.32 Å². The third-order valence-corrected chi connectivity index (χ3v) is 4.74.